The van der Waals surface area contributed by atoms with E-state index >= 15 is 0 Å². The van der Waals surface area contributed by atoms with Gasteiger partial charge in [-0.05, 0) is 17.7 Å². The Kier molecular flexibility index (Phi) is 6.75. The van der Waals surface area contributed by atoms with Gasteiger partial charge in [0.1, 0.15) is 0 Å². The molecule has 0 bridgehead atoms. The van der Waals surface area contributed by atoms with Gasteiger partial charge in [0.25, 0.3) is 0 Å². The van der Waals surface area contributed by atoms with Crippen molar-refractivity contribution in [3.8, 4) is 0 Å². The molecule has 18 heavy (non-hydrogen) atoms. The van der Waals surface area contributed by atoms with E-state index in [1.54, 1.807) is 14.2 Å². The lowest BCUT2D eigenvalue weighted by Crippen LogP contribution is -2.39. The van der Waals surface area contributed by atoms with Crippen molar-refractivity contribution in [2.75, 3.05) is 34.4 Å². The molecular weight excluding hydrogens is 294 g/mol. The topological polar surface area (TPSA) is 36.9 Å². The second-order valence-corrected chi connectivity index (χ2v) is 4.86. The average molecular weight is 314 g/mol. The molecule has 0 unspecified atom stereocenters. The van der Waals surface area contributed by atoms with Crippen LogP contribution in [0.3, 0.4) is 0 Å². The first-order valence-electron chi connectivity index (χ1n) is 5.82. The van der Waals surface area contributed by atoms with E-state index in [2.05, 4.69) is 43.3 Å². The van der Waals surface area contributed by atoms with Gasteiger partial charge in [-0.25, -0.2) is 0 Å². The maximum absolute atomic E-state index is 5.01. The van der Waals surface area contributed by atoms with E-state index in [4.69, 9.17) is 4.74 Å². The first-order chi connectivity index (χ1) is 8.67. The van der Waals surface area contributed by atoms with Crippen molar-refractivity contribution in [1.82, 2.24) is 10.2 Å². The highest BCUT2D eigenvalue weighted by atomic mass is 79.9. The van der Waals surface area contributed by atoms with Crippen LogP contribution >= 0.6 is 15.9 Å². The van der Waals surface area contributed by atoms with E-state index in [-0.39, 0.29) is 0 Å². The number of rotatable bonds is 5. The molecule has 1 aromatic rings. The maximum atomic E-state index is 5.01. The quantitative estimate of drug-likeness (QED) is 0.514. The van der Waals surface area contributed by atoms with Crippen LogP contribution in [0, 0.1) is 0 Å². The molecule has 1 aromatic carbocycles. The Bertz CT molecular complexity index is 378. The number of halogens is 1. The van der Waals surface area contributed by atoms with Gasteiger partial charge in [-0.2, -0.15) is 0 Å². The largest absolute Gasteiger partial charge is 0.383 e. The minimum atomic E-state index is 0.672. The first-order valence-corrected chi connectivity index (χ1v) is 6.62. The van der Waals surface area contributed by atoms with E-state index in [9.17, 15) is 0 Å². The molecule has 5 heteroatoms. The second kappa shape index (κ2) is 8.11. The molecule has 1 N–H and O–H groups in total. The van der Waals surface area contributed by atoms with Gasteiger partial charge in [0.15, 0.2) is 5.96 Å². The Hall–Kier alpha value is -1.07. The van der Waals surface area contributed by atoms with Crippen LogP contribution in [0.15, 0.2) is 33.7 Å². The van der Waals surface area contributed by atoms with Gasteiger partial charge < -0.3 is 15.0 Å². The molecule has 0 atom stereocenters. The Morgan fingerprint density at radius 2 is 2.06 bits per heavy atom. The summed E-state index contributed by atoms with van der Waals surface area (Å²) in [4.78, 5) is 6.32. The summed E-state index contributed by atoms with van der Waals surface area (Å²) in [5.74, 6) is 0.870. The van der Waals surface area contributed by atoms with Crippen LogP contribution in [0.4, 0.5) is 0 Å². The Balaban J connectivity index is 2.51. The maximum Gasteiger partial charge on any atom is 0.193 e. The molecular formula is C13H20BrN3O. The summed E-state index contributed by atoms with van der Waals surface area (Å²) in [5.41, 5.74) is 1.25. The summed E-state index contributed by atoms with van der Waals surface area (Å²) >= 11 is 3.43. The van der Waals surface area contributed by atoms with E-state index < -0.39 is 0 Å². The van der Waals surface area contributed by atoms with Crippen molar-refractivity contribution >= 4 is 21.9 Å². The highest BCUT2D eigenvalue weighted by molar-refractivity contribution is 9.10. The van der Waals surface area contributed by atoms with Gasteiger partial charge in [0, 0.05) is 38.8 Å². The molecule has 0 saturated carbocycles. The highest BCUT2D eigenvalue weighted by Crippen LogP contribution is 2.11. The van der Waals surface area contributed by atoms with E-state index in [1.165, 1.54) is 5.56 Å². The third-order valence-corrected chi connectivity index (χ3v) is 3.02. The fourth-order valence-electron chi connectivity index (χ4n) is 1.59. The molecule has 0 aliphatic carbocycles. The average Bonchev–Trinajstić information content (AvgIpc) is 2.37. The molecule has 0 saturated heterocycles. The summed E-state index contributed by atoms with van der Waals surface area (Å²) in [5, 5.41) is 3.24. The van der Waals surface area contributed by atoms with Crippen molar-refractivity contribution in [2.24, 2.45) is 4.99 Å². The molecule has 100 valence electrons. The third-order valence-electron chi connectivity index (χ3n) is 2.50. The number of methoxy groups -OCH3 is 1. The number of benzene rings is 1. The number of nitrogens with zero attached hydrogens (tertiary/aromatic N) is 2. The number of hydrogen-bond acceptors (Lipinski definition) is 2. The van der Waals surface area contributed by atoms with Gasteiger partial charge >= 0.3 is 0 Å². The minimum absolute atomic E-state index is 0.672. The van der Waals surface area contributed by atoms with Crippen LogP contribution in [-0.2, 0) is 11.3 Å². The zero-order valence-electron chi connectivity index (χ0n) is 11.1. The number of aliphatic imine (C=N–C) groups is 1. The smallest absolute Gasteiger partial charge is 0.193 e. The zero-order chi connectivity index (χ0) is 13.4. The molecule has 0 spiro atoms. The first kappa shape index (κ1) is 15.0. The van der Waals surface area contributed by atoms with Gasteiger partial charge in [-0.3, -0.25) is 4.99 Å². The van der Waals surface area contributed by atoms with Crippen LogP contribution in [0.2, 0.25) is 0 Å². The van der Waals surface area contributed by atoms with E-state index in [0.717, 1.165) is 23.5 Å². The Labute approximate surface area is 117 Å². The number of nitrogens with one attached hydrogen (secondary N) is 1. The molecule has 0 amide bonds. The lowest BCUT2D eigenvalue weighted by Gasteiger charge is -2.22. The van der Waals surface area contributed by atoms with Crippen molar-refractivity contribution in [3.05, 3.63) is 34.3 Å². The van der Waals surface area contributed by atoms with Crippen LogP contribution in [0.1, 0.15) is 5.56 Å². The number of ether oxygens (including phenoxy) is 1. The normalized spacial score (nSPS) is 11.4. The standard InChI is InChI=1S/C13H20BrN3O/c1-15-13(16-8-9-18-3)17(2)10-11-4-6-12(14)7-5-11/h4-7H,8-10H2,1-3H3,(H,15,16). The number of hydrogen-bond donors (Lipinski definition) is 1. The predicted octanol–water partition coefficient (Wildman–Crippen LogP) is 2.10. The second-order valence-electron chi connectivity index (χ2n) is 3.95. The van der Waals surface area contributed by atoms with Crippen LogP contribution < -0.4 is 5.32 Å². The van der Waals surface area contributed by atoms with Crippen molar-refractivity contribution in [2.45, 2.75) is 6.54 Å². The summed E-state index contributed by atoms with van der Waals surface area (Å²) in [6, 6.07) is 8.29. The molecule has 0 heterocycles. The fraction of sp³-hybridized carbons (Fsp3) is 0.462. The summed E-state index contributed by atoms with van der Waals surface area (Å²) in [6.45, 7) is 2.25. The molecule has 0 aromatic heterocycles. The predicted molar refractivity (Wildman–Crippen MR) is 78.8 cm³/mol. The molecule has 1 rings (SSSR count). The molecule has 0 aliphatic rings. The minimum Gasteiger partial charge on any atom is -0.383 e. The lowest BCUT2D eigenvalue weighted by molar-refractivity contribution is 0.203. The van der Waals surface area contributed by atoms with Crippen LogP contribution in [0.25, 0.3) is 0 Å². The molecule has 0 fully saturated rings. The lowest BCUT2D eigenvalue weighted by atomic mass is 10.2. The number of guanidine groups is 1. The Morgan fingerprint density at radius 3 is 2.61 bits per heavy atom. The highest BCUT2D eigenvalue weighted by Gasteiger charge is 2.05. The fourth-order valence-corrected chi connectivity index (χ4v) is 1.85. The van der Waals surface area contributed by atoms with Crippen molar-refractivity contribution in [3.63, 3.8) is 0 Å². The zero-order valence-corrected chi connectivity index (χ0v) is 12.7. The van der Waals surface area contributed by atoms with Gasteiger partial charge in [0.2, 0.25) is 0 Å². The molecule has 0 aliphatic heterocycles. The van der Waals surface area contributed by atoms with Gasteiger partial charge in [0.05, 0.1) is 6.61 Å². The van der Waals surface area contributed by atoms with E-state index in [1.807, 2.05) is 19.2 Å². The van der Waals surface area contributed by atoms with Crippen molar-refractivity contribution < 1.29 is 4.74 Å². The summed E-state index contributed by atoms with van der Waals surface area (Å²) in [7, 11) is 5.49. The summed E-state index contributed by atoms with van der Waals surface area (Å²) in [6.07, 6.45) is 0. The van der Waals surface area contributed by atoms with Gasteiger partial charge in [-0.15, -0.1) is 0 Å². The monoisotopic (exact) mass is 313 g/mol. The van der Waals surface area contributed by atoms with Crippen LogP contribution in [-0.4, -0.2) is 45.2 Å². The summed E-state index contributed by atoms with van der Waals surface area (Å²) < 4.78 is 6.10. The van der Waals surface area contributed by atoms with Crippen LogP contribution in [0.5, 0.6) is 0 Å². The third kappa shape index (κ3) is 5.06. The molecule has 0 radical (unpaired) electrons. The molecule has 4 nitrogen and oxygen atoms in total. The van der Waals surface area contributed by atoms with Gasteiger partial charge in [-0.1, -0.05) is 28.1 Å². The van der Waals surface area contributed by atoms with Crippen molar-refractivity contribution in [1.29, 1.82) is 0 Å². The van der Waals surface area contributed by atoms with E-state index in [0.29, 0.717) is 6.61 Å². The Morgan fingerprint density at radius 1 is 1.39 bits per heavy atom. The SMILES string of the molecule is CN=C(NCCOC)N(C)Cc1ccc(Br)cc1.